The molecule has 12 heteroatoms. The molecule has 0 unspecified atom stereocenters. The zero-order valence-electron chi connectivity index (χ0n) is 16.9. The number of aromatic nitrogens is 3. The predicted molar refractivity (Wildman–Crippen MR) is 110 cm³/mol. The Balaban J connectivity index is 2.65. The summed E-state index contributed by atoms with van der Waals surface area (Å²) in [5.41, 5.74) is -4.21. The summed E-state index contributed by atoms with van der Waals surface area (Å²) in [5, 5.41) is 2.21. The molecule has 2 aromatic rings. The van der Waals surface area contributed by atoms with Crippen LogP contribution in [0.25, 0.3) is 5.69 Å². The smallest absolute Gasteiger partial charge is 0.340 e. The predicted octanol–water partition coefficient (Wildman–Crippen LogP) is 1.47. The number of benzene rings is 1. The summed E-state index contributed by atoms with van der Waals surface area (Å²) in [5.74, 6) is -2.60. The first-order valence-electron chi connectivity index (χ1n) is 8.73. The van der Waals surface area contributed by atoms with Gasteiger partial charge in [0.2, 0.25) is 0 Å². The van der Waals surface area contributed by atoms with E-state index in [1.807, 2.05) is 0 Å². The molecule has 0 fully saturated rings. The average molecular weight is 459 g/mol. The number of nitrogens with zero attached hydrogens (tertiary/aromatic N) is 3. The molecule has 162 valence electrons. The van der Waals surface area contributed by atoms with E-state index in [0.717, 1.165) is 21.3 Å². The minimum Gasteiger partial charge on any atom is -0.446 e. The van der Waals surface area contributed by atoms with E-state index >= 15 is 0 Å². The summed E-state index contributed by atoms with van der Waals surface area (Å²) in [6, 6.07) is 1.69. The van der Waals surface area contributed by atoms with E-state index in [1.165, 1.54) is 27.9 Å². The van der Waals surface area contributed by atoms with Crippen molar-refractivity contribution in [2.75, 3.05) is 6.54 Å². The van der Waals surface area contributed by atoms with Crippen molar-refractivity contribution >= 4 is 35.7 Å². The number of likely N-dealkylation sites (N-methyl/N-ethyl adjacent to an activating group) is 1. The number of hydrogen-bond acceptors (Lipinski definition) is 6. The Morgan fingerprint density at radius 2 is 1.73 bits per heavy atom. The van der Waals surface area contributed by atoms with Crippen molar-refractivity contribution in [3.05, 3.63) is 54.3 Å². The van der Waals surface area contributed by atoms with Gasteiger partial charge in [-0.05, 0) is 45.1 Å². The Morgan fingerprint density at radius 3 is 2.23 bits per heavy atom. The number of amides is 1. The summed E-state index contributed by atoms with van der Waals surface area (Å²) in [7, 11) is 2.64. The lowest BCUT2D eigenvalue weighted by atomic mass is 10.1. The Labute approximate surface area is 180 Å². The molecule has 1 aromatic heterocycles. The number of esters is 1. The number of halogens is 2. The number of nitrogens with one attached hydrogen (secondary N) is 1. The third-order valence-electron chi connectivity index (χ3n) is 4.26. The third kappa shape index (κ3) is 4.21. The molecular formula is C18H20ClFN4O5S. The van der Waals surface area contributed by atoms with Crippen molar-refractivity contribution in [3.63, 3.8) is 0 Å². The topological polar surface area (TPSA) is 104 Å². The maximum atomic E-state index is 14.6. The number of carbonyl (C=O) groups excluding carboxylic acids is 2. The van der Waals surface area contributed by atoms with Gasteiger partial charge < -0.3 is 10.1 Å². The van der Waals surface area contributed by atoms with E-state index in [2.05, 4.69) is 5.32 Å². The van der Waals surface area contributed by atoms with Crippen molar-refractivity contribution in [2.45, 2.75) is 26.4 Å². The zero-order valence-corrected chi connectivity index (χ0v) is 18.5. The van der Waals surface area contributed by atoms with Gasteiger partial charge in [-0.15, -0.1) is 0 Å². The van der Waals surface area contributed by atoms with Crippen LogP contribution in [0.2, 0.25) is 5.02 Å². The van der Waals surface area contributed by atoms with E-state index in [1.54, 1.807) is 6.92 Å². The molecule has 0 radical (unpaired) electrons. The summed E-state index contributed by atoms with van der Waals surface area (Å²) >= 11 is 11.0. The summed E-state index contributed by atoms with van der Waals surface area (Å²) in [6.07, 6.45) is 0. The van der Waals surface area contributed by atoms with Gasteiger partial charge in [-0.3, -0.25) is 13.9 Å². The molecule has 0 spiro atoms. The van der Waals surface area contributed by atoms with Gasteiger partial charge in [0.25, 0.3) is 5.91 Å². The fourth-order valence-electron chi connectivity index (χ4n) is 2.55. The molecule has 9 nitrogen and oxygen atoms in total. The van der Waals surface area contributed by atoms with Crippen LogP contribution >= 0.6 is 23.8 Å². The number of carbonyl (C=O) groups is 2. The Bertz CT molecular complexity index is 1170. The Hall–Kier alpha value is -2.79. The first-order valence-corrected chi connectivity index (χ1v) is 9.52. The first-order chi connectivity index (χ1) is 13.8. The molecule has 1 heterocycles. The van der Waals surface area contributed by atoms with Crippen LogP contribution in [0.3, 0.4) is 0 Å². The number of hydrogen-bond donors (Lipinski definition) is 1. The SMILES string of the molecule is CCNC(=O)C(C)(C)OC(=O)c1cc(-n2c(=O)n(C)c(=S)n(C)c2=O)c(F)cc1Cl. The second-order valence-corrected chi connectivity index (χ2v) is 7.62. The quantitative estimate of drug-likeness (QED) is 0.537. The van der Waals surface area contributed by atoms with Crippen molar-refractivity contribution < 1.29 is 18.7 Å². The first kappa shape index (κ1) is 23.5. The monoisotopic (exact) mass is 458 g/mol. The molecule has 0 saturated heterocycles. The largest absolute Gasteiger partial charge is 0.446 e. The highest BCUT2D eigenvalue weighted by atomic mass is 35.5. The molecule has 1 aromatic carbocycles. The molecule has 0 bridgehead atoms. The van der Waals surface area contributed by atoms with Gasteiger partial charge in [0.1, 0.15) is 5.82 Å². The standard InChI is InChI=1S/C18H20ClFN4O5S/c1-6-21-14(26)18(2,3)29-13(25)9-7-12(11(20)8-10(9)19)24-15(27)22(4)17(30)23(5)16(24)28/h7-8H,6H2,1-5H3,(H,21,26). The van der Waals surface area contributed by atoms with E-state index in [4.69, 9.17) is 28.6 Å². The fourth-order valence-corrected chi connectivity index (χ4v) is 2.93. The number of ether oxygens (including phenoxy) is 1. The Morgan fingerprint density at radius 1 is 1.20 bits per heavy atom. The molecule has 0 aliphatic carbocycles. The summed E-state index contributed by atoms with van der Waals surface area (Å²) in [4.78, 5) is 49.8. The molecule has 30 heavy (non-hydrogen) atoms. The average Bonchev–Trinajstić information content (AvgIpc) is 2.66. The van der Waals surface area contributed by atoms with Crippen LogP contribution in [0.4, 0.5) is 4.39 Å². The molecule has 0 atom stereocenters. The fraction of sp³-hybridized carbons (Fsp3) is 0.389. The van der Waals surface area contributed by atoms with Crippen molar-refractivity contribution in [3.8, 4) is 5.69 Å². The highest BCUT2D eigenvalue weighted by molar-refractivity contribution is 7.71. The molecule has 1 amide bonds. The molecule has 2 rings (SSSR count). The minimum absolute atomic E-state index is 0.0704. The van der Waals surface area contributed by atoms with Crippen LogP contribution in [0.1, 0.15) is 31.1 Å². The van der Waals surface area contributed by atoms with E-state index in [-0.39, 0.29) is 15.4 Å². The molecule has 0 aliphatic heterocycles. The van der Waals surface area contributed by atoms with Gasteiger partial charge in [0, 0.05) is 20.6 Å². The van der Waals surface area contributed by atoms with Gasteiger partial charge in [-0.1, -0.05) is 11.6 Å². The van der Waals surface area contributed by atoms with Crippen LogP contribution in [-0.4, -0.2) is 37.7 Å². The van der Waals surface area contributed by atoms with Gasteiger partial charge in [0.05, 0.1) is 16.3 Å². The van der Waals surface area contributed by atoms with Gasteiger partial charge >= 0.3 is 17.3 Å². The second kappa shape index (κ2) is 8.52. The number of rotatable bonds is 5. The van der Waals surface area contributed by atoms with Gasteiger partial charge in [-0.2, -0.15) is 0 Å². The van der Waals surface area contributed by atoms with E-state index < -0.39 is 40.4 Å². The summed E-state index contributed by atoms with van der Waals surface area (Å²) < 4.78 is 22.2. The van der Waals surface area contributed by atoms with Gasteiger partial charge in [-0.25, -0.2) is 23.3 Å². The Kier molecular flexibility index (Phi) is 6.67. The maximum absolute atomic E-state index is 14.6. The lowest BCUT2D eigenvalue weighted by molar-refractivity contribution is -0.137. The van der Waals surface area contributed by atoms with E-state index in [0.29, 0.717) is 11.1 Å². The lowest BCUT2D eigenvalue weighted by Crippen LogP contribution is -2.45. The maximum Gasteiger partial charge on any atom is 0.340 e. The van der Waals surface area contributed by atoms with Crippen LogP contribution in [0.5, 0.6) is 0 Å². The van der Waals surface area contributed by atoms with Crippen LogP contribution in [0, 0.1) is 10.6 Å². The molecular weight excluding hydrogens is 439 g/mol. The van der Waals surface area contributed by atoms with Crippen LogP contribution in [-0.2, 0) is 23.6 Å². The lowest BCUT2D eigenvalue weighted by Gasteiger charge is -2.24. The van der Waals surface area contributed by atoms with Crippen LogP contribution < -0.4 is 16.7 Å². The van der Waals surface area contributed by atoms with E-state index in [9.17, 15) is 23.6 Å². The zero-order chi connectivity index (χ0) is 23.0. The normalized spacial score (nSPS) is 11.3. The van der Waals surface area contributed by atoms with Crippen molar-refractivity contribution in [2.24, 2.45) is 14.1 Å². The van der Waals surface area contributed by atoms with Crippen molar-refractivity contribution in [1.29, 1.82) is 0 Å². The van der Waals surface area contributed by atoms with Crippen LogP contribution in [0.15, 0.2) is 21.7 Å². The second-order valence-electron chi connectivity index (χ2n) is 6.84. The molecule has 0 aliphatic rings. The third-order valence-corrected chi connectivity index (χ3v) is 5.12. The highest BCUT2D eigenvalue weighted by Gasteiger charge is 2.33. The van der Waals surface area contributed by atoms with Crippen molar-refractivity contribution in [1.82, 2.24) is 19.0 Å². The molecule has 1 N–H and O–H groups in total. The molecule has 0 saturated carbocycles. The van der Waals surface area contributed by atoms with Gasteiger partial charge in [0.15, 0.2) is 10.4 Å². The summed E-state index contributed by atoms with van der Waals surface area (Å²) in [6.45, 7) is 4.77. The highest BCUT2D eigenvalue weighted by Crippen LogP contribution is 2.25. The minimum atomic E-state index is -1.55.